The molecule has 25 heavy (non-hydrogen) atoms. The van der Waals surface area contributed by atoms with E-state index in [2.05, 4.69) is 6.07 Å². The number of piperazine rings is 1. The quantitative estimate of drug-likeness (QED) is 0.842. The van der Waals surface area contributed by atoms with E-state index in [0.29, 0.717) is 31.9 Å². The molecule has 1 aliphatic heterocycles. The average molecular weight is 337 g/mol. The largest absolute Gasteiger partial charge is 0.367 e. The van der Waals surface area contributed by atoms with Gasteiger partial charge in [0.25, 0.3) is 0 Å². The summed E-state index contributed by atoms with van der Waals surface area (Å²) in [6.45, 7) is 2.92. The van der Waals surface area contributed by atoms with Gasteiger partial charge in [0, 0.05) is 26.2 Å². The minimum atomic E-state index is -0.731. The third-order valence-electron chi connectivity index (χ3n) is 4.53. The number of benzene rings is 2. The van der Waals surface area contributed by atoms with Gasteiger partial charge < -0.3 is 4.90 Å². The third-order valence-corrected chi connectivity index (χ3v) is 4.53. The Morgan fingerprint density at radius 2 is 1.68 bits per heavy atom. The summed E-state index contributed by atoms with van der Waals surface area (Å²) in [5.74, 6) is -1.04. The van der Waals surface area contributed by atoms with Gasteiger partial charge in [-0.2, -0.15) is 5.26 Å². The number of carbonyl (C=O) groups is 1. The molecule has 0 bridgehead atoms. The van der Waals surface area contributed by atoms with Crippen molar-refractivity contribution in [3.05, 3.63) is 66.0 Å². The van der Waals surface area contributed by atoms with Crippen LogP contribution in [0.5, 0.6) is 0 Å². The number of para-hydroxylation sites is 1. The maximum Gasteiger partial charge on any atom is 0.168 e. The maximum atomic E-state index is 13.9. The van der Waals surface area contributed by atoms with Crippen molar-refractivity contribution < 1.29 is 9.18 Å². The smallest absolute Gasteiger partial charge is 0.168 e. The topological polar surface area (TPSA) is 47.3 Å². The zero-order chi connectivity index (χ0) is 17.6. The molecule has 1 saturated heterocycles. The van der Waals surface area contributed by atoms with Gasteiger partial charge in [0.05, 0.1) is 18.3 Å². The van der Waals surface area contributed by atoms with E-state index in [4.69, 9.17) is 0 Å². The highest BCUT2D eigenvalue weighted by atomic mass is 19.1. The molecule has 1 atom stereocenters. The molecule has 0 spiro atoms. The van der Waals surface area contributed by atoms with E-state index >= 15 is 0 Å². The highest BCUT2D eigenvalue weighted by Crippen LogP contribution is 2.21. The number of hydrogen-bond acceptors (Lipinski definition) is 4. The lowest BCUT2D eigenvalue weighted by molar-refractivity contribution is -0.120. The number of nitriles is 1. The first-order valence-electron chi connectivity index (χ1n) is 8.38. The number of hydrogen-bond donors (Lipinski definition) is 0. The van der Waals surface area contributed by atoms with E-state index in [1.54, 1.807) is 12.1 Å². The minimum absolute atomic E-state index is 0.0898. The van der Waals surface area contributed by atoms with Crippen LogP contribution in [0.3, 0.4) is 0 Å². The van der Waals surface area contributed by atoms with E-state index in [1.807, 2.05) is 46.2 Å². The predicted octanol–water partition coefficient (Wildman–Crippen LogP) is 2.82. The molecule has 0 saturated carbocycles. The van der Waals surface area contributed by atoms with Gasteiger partial charge in [-0.25, -0.2) is 4.39 Å². The lowest BCUT2D eigenvalue weighted by Crippen LogP contribution is -2.48. The highest BCUT2D eigenvalue weighted by molar-refractivity contribution is 5.90. The number of ketones is 1. The molecule has 1 aliphatic rings. The summed E-state index contributed by atoms with van der Waals surface area (Å²) < 4.78 is 13.9. The Morgan fingerprint density at radius 3 is 2.32 bits per heavy atom. The molecule has 2 aromatic carbocycles. The van der Waals surface area contributed by atoms with E-state index in [1.165, 1.54) is 6.07 Å². The normalized spacial score (nSPS) is 16.2. The first-order chi connectivity index (χ1) is 12.2. The average Bonchev–Trinajstić information content (AvgIpc) is 2.64. The number of halogens is 1. The Hall–Kier alpha value is -2.71. The number of nitrogens with zero attached hydrogens (tertiary/aromatic N) is 3. The van der Waals surface area contributed by atoms with Crippen LogP contribution in [-0.4, -0.2) is 43.4 Å². The predicted molar refractivity (Wildman–Crippen MR) is 94.9 cm³/mol. The summed E-state index contributed by atoms with van der Waals surface area (Å²) in [5.41, 5.74) is 1.34. The first-order valence-corrected chi connectivity index (χ1v) is 8.38. The number of rotatable bonds is 5. The molecule has 0 aliphatic carbocycles. The maximum absolute atomic E-state index is 13.9. The van der Waals surface area contributed by atoms with Gasteiger partial charge in [0.2, 0.25) is 0 Å². The van der Waals surface area contributed by atoms with Gasteiger partial charge in [-0.15, -0.1) is 0 Å². The van der Waals surface area contributed by atoms with E-state index < -0.39 is 5.92 Å². The van der Waals surface area contributed by atoms with Gasteiger partial charge >= 0.3 is 0 Å². The second-order valence-corrected chi connectivity index (χ2v) is 6.15. The van der Waals surface area contributed by atoms with E-state index in [-0.39, 0.29) is 18.1 Å². The fraction of sp³-hybridized carbons (Fsp3) is 0.300. The van der Waals surface area contributed by atoms with Gasteiger partial charge in [-0.05, 0) is 17.7 Å². The molecule has 3 rings (SSSR count). The van der Waals surface area contributed by atoms with Crippen LogP contribution in [0.1, 0.15) is 11.5 Å². The van der Waals surface area contributed by atoms with Crippen molar-refractivity contribution in [3.8, 4) is 6.07 Å². The number of Topliss-reactive ketones (excluding diaryl/α,β-unsaturated/α-hetero) is 1. The van der Waals surface area contributed by atoms with Crippen LogP contribution in [0.15, 0.2) is 54.6 Å². The molecular weight excluding hydrogens is 317 g/mol. The molecule has 0 amide bonds. The lowest BCUT2D eigenvalue weighted by Gasteiger charge is -2.36. The molecule has 0 aromatic heterocycles. The second-order valence-electron chi connectivity index (χ2n) is 6.15. The molecule has 0 N–H and O–H groups in total. The Balaban J connectivity index is 1.58. The van der Waals surface area contributed by atoms with E-state index in [9.17, 15) is 14.4 Å². The van der Waals surface area contributed by atoms with Gasteiger partial charge in [0.15, 0.2) is 5.78 Å². The summed E-state index contributed by atoms with van der Waals surface area (Å²) in [4.78, 5) is 16.5. The first kappa shape index (κ1) is 17.1. The van der Waals surface area contributed by atoms with Crippen molar-refractivity contribution in [2.24, 2.45) is 0 Å². The monoisotopic (exact) mass is 337 g/mol. The zero-order valence-electron chi connectivity index (χ0n) is 13.9. The molecule has 128 valence electrons. The third kappa shape index (κ3) is 4.04. The fourth-order valence-electron chi connectivity index (χ4n) is 3.14. The summed E-state index contributed by atoms with van der Waals surface area (Å²) in [7, 11) is 0. The van der Waals surface area contributed by atoms with Crippen molar-refractivity contribution >= 4 is 11.5 Å². The van der Waals surface area contributed by atoms with Crippen LogP contribution in [0, 0.1) is 17.1 Å². The molecule has 1 fully saturated rings. The van der Waals surface area contributed by atoms with Crippen molar-refractivity contribution in [2.45, 2.75) is 5.92 Å². The van der Waals surface area contributed by atoms with Gasteiger partial charge in [0.1, 0.15) is 11.7 Å². The van der Waals surface area contributed by atoms with Gasteiger partial charge in [-0.3, -0.25) is 9.69 Å². The zero-order valence-corrected chi connectivity index (χ0v) is 13.9. The van der Waals surface area contributed by atoms with Crippen molar-refractivity contribution in [1.29, 1.82) is 5.26 Å². The Labute approximate surface area is 147 Å². The van der Waals surface area contributed by atoms with Crippen molar-refractivity contribution in [2.75, 3.05) is 37.6 Å². The standard InChI is InChI=1S/C20H20FN3O/c21-18-8-4-5-9-19(18)24-12-10-23(11-13-24)15-20(25)17(14-22)16-6-2-1-3-7-16/h1-9,17H,10-13,15H2. The molecule has 4 nitrogen and oxygen atoms in total. The molecule has 2 aromatic rings. The summed E-state index contributed by atoms with van der Waals surface area (Å²) in [6.07, 6.45) is 0. The summed E-state index contributed by atoms with van der Waals surface area (Å²) in [6, 6.07) is 18.0. The summed E-state index contributed by atoms with van der Waals surface area (Å²) in [5, 5.41) is 9.36. The molecule has 1 heterocycles. The highest BCUT2D eigenvalue weighted by Gasteiger charge is 2.25. The van der Waals surface area contributed by atoms with Crippen molar-refractivity contribution in [1.82, 2.24) is 4.90 Å². The Bertz CT molecular complexity index is 764. The van der Waals surface area contributed by atoms with E-state index in [0.717, 1.165) is 5.56 Å². The Kier molecular flexibility index (Phi) is 5.42. The van der Waals surface area contributed by atoms with Crippen LogP contribution in [0.2, 0.25) is 0 Å². The fourth-order valence-corrected chi connectivity index (χ4v) is 3.14. The van der Waals surface area contributed by atoms with Crippen molar-refractivity contribution in [3.63, 3.8) is 0 Å². The molecule has 1 unspecified atom stereocenters. The lowest BCUT2D eigenvalue weighted by atomic mass is 9.96. The van der Waals surface area contributed by atoms with Crippen LogP contribution < -0.4 is 4.90 Å². The minimum Gasteiger partial charge on any atom is -0.367 e. The SMILES string of the molecule is N#CC(C(=O)CN1CCN(c2ccccc2F)CC1)c1ccccc1. The number of carbonyl (C=O) groups excluding carboxylic acids is 1. The van der Waals surface area contributed by atoms with Gasteiger partial charge in [-0.1, -0.05) is 42.5 Å². The molecule has 5 heteroatoms. The molecular formula is C20H20FN3O. The van der Waals surface area contributed by atoms with Crippen LogP contribution in [0.4, 0.5) is 10.1 Å². The Morgan fingerprint density at radius 1 is 1.04 bits per heavy atom. The summed E-state index contributed by atoms with van der Waals surface area (Å²) >= 11 is 0. The van der Waals surface area contributed by atoms with Crippen LogP contribution >= 0.6 is 0 Å². The van der Waals surface area contributed by atoms with Crippen LogP contribution in [-0.2, 0) is 4.79 Å². The second kappa shape index (κ2) is 7.91. The number of anilines is 1. The molecule has 0 radical (unpaired) electrons. The van der Waals surface area contributed by atoms with Crippen LogP contribution in [0.25, 0.3) is 0 Å².